The van der Waals surface area contributed by atoms with E-state index in [0.717, 1.165) is 10.1 Å². The van der Waals surface area contributed by atoms with Gasteiger partial charge in [-0.3, -0.25) is 9.36 Å². The Balaban J connectivity index is 2.64. The summed E-state index contributed by atoms with van der Waals surface area (Å²) in [5.41, 5.74) is 0.330. The number of hydrogen-bond acceptors (Lipinski definition) is 4. The lowest BCUT2D eigenvalue weighted by Crippen LogP contribution is -2.39. The molecule has 0 aliphatic carbocycles. The molecule has 0 saturated heterocycles. The third kappa shape index (κ3) is 1.71. The zero-order valence-corrected chi connectivity index (χ0v) is 12.5. The monoisotopic (exact) mass is 301 g/mol. The maximum absolute atomic E-state index is 12.5. The Hall–Kier alpha value is -2.83. The maximum atomic E-state index is 12.5. The van der Waals surface area contributed by atoms with Crippen LogP contribution in [0.5, 0.6) is 0 Å². The van der Waals surface area contributed by atoms with Gasteiger partial charge in [-0.25, -0.2) is 14.0 Å². The van der Waals surface area contributed by atoms with Crippen LogP contribution in [-0.2, 0) is 18.8 Å². The molecule has 0 fully saturated rings. The molecule has 2 aromatic heterocycles. The van der Waals surface area contributed by atoms with Crippen LogP contribution in [-0.4, -0.2) is 26.1 Å². The lowest BCUT2D eigenvalue weighted by atomic mass is 10.3. The molecule has 0 bridgehead atoms. The fourth-order valence-electron chi connectivity index (χ4n) is 2.67. The summed E-state index contributed by atoms with van der Waals surface area (Å²) in [5, 5.41) is 0. The minimum absolute atomic E-state index is 0.136. The van der Waals surface area contributed by atoms with Gasteiger partial charge in [0.1, 0.15) is 5.65 Å². The molecule has 22 heavy (non-hydrogen) atoms. The molecule has 1 aromatic carbocycles. The van der Waals surface area contributed by atoms with Gasteiger partial charge in [0.15, 0.2) is 5.56 Å². The fraction of sp³-hybridized carbons (Fsp3) is 0.267. The van der Waals surface area contributed by atoms with Gasteiger partial charge in [0.05, 0.1) is 17.6 Å². The van der Waals surface area contributed by atoms with E-state index in [1.54, 1.807) is 30.7 Å². The van der Waals surface area contributed by atoms with Gasteiger partial charge in [-0.05, 0) is 19.1 Å². The van der Waals surface area contributed by atoms with Crippen LogP contribution in [0.15, 0.2) is 33.9 Å². The van der Waals surface area contributed by atoms with E-state index in [4.69, 9.17) is 4.74 Å². The van der Waals surface area contributed by atoms with Crippen molar-refractivity contribution in [3.05, 3.63) is 50.7 Å². The van der Waals surface area contributed by atoms with Crippen LogP contribution in [0.4, 0.5) is 0 Å². The van der Waals surface area contributed by atoms with Crippen LogP contribution in [0.25, 0.3) is 16.7 Å². The number of aryl methyl sites for hydroxylation is 1. The number of aromatic nitrogens is 3. The molecule has 0 atom stereocenters. The Bertz CT molecular complexity index is 1020. The second-order valence-electron chi connectivity index (χ2n) is 4.95. The molecule has 0 N–H and O–H groups in total. The van der Waals surface area contributed by atoms with Crippen molar-refractivity contribution in [1.29, 1.82) is 0 Å². The molecular formula is C15H15N3O4. The number of nitrogens with zero attached hydrogens (tertiary/aromatic N) is 3. The fourth-order valence-corrected chi connectivity index (χ4v) is 2.67. The predicted molar refractivity (Wildman–Crippen MR) is 81.3 cm³/mol. The molecule has 0 amide bonds. The molecule has 3 aromatic rings. The highest BCUT2D eigenvalue weighted by Crippen LogP contribution is 2.19. The van der Waals surface area contributed by atoms with Crippen molar-refractivity contribution >= 4 is 22.6 Å². The van der Waals surface area contributed by atoms with Crippen LogP contribution in [0.1, 0.15) is 17.3 Å². The molecule has 7 heteroatoms. The number of para-hydroxylation sites is 2. The Morgan fingerprint density at radius 3 is 2.36 bits per heavy atom. The van der Waals surface area contributed by atoms with Gasteiger partial charge in [0.25, 0.3) is 5.56 Å². The molecule has 0 aliphatic heterocycles. The smallest absolute Gasteiger partial charge is 0.347 e. The predicted octanol–water partition coefficient (Wildman–Crippen LogP) is 0.667. The third-order valence-corrected chi connectivity index (χ3v) is 3.71. The van der Waals surface area contributed by atoms with Crippen molar-refractivity contribution in [2.24, 2.45) is 14.1 Å². The molecule has 0 aliphatic rings. The molecule has 0 saturated carbocycles. The summed E-state index contributed by atoms with van der Waals surface area (Å²) in [5.74, 6) is -0.730. The number of fused-ring (bicyclic) bond motifs is 3. The Morgan fingerprint density at radius 1 is 1.09 bits per heavy atom. The maximum Gasteiger partial charge on any atom is 0.347 e. The van der Waals surface area contributed by atoms with Crippen molar-refractivity contribution in [2.45, 2.75) is 6.92 Å². The van der Waals surface area contributed by atoms with Gasteiger partial charge in [-0.15, -0.1) is 0 Å². The molecule has 7 nitrogen and oxygen atoms in total. The van der Waals surface area contributed by atoms with Gasteiger partial charge in [0.2, 0.25) is 0 Å². The van der Waals surface area contributed by atoms with E-state index in [2.05, 4.69) is 0 Å². The molecule has 0 unspecified atom stereocenters. The topological polar surface area (TPSA) is 74.7 Å². The highest BCUT2D eigenvalue weighted by atomic mass is 16.5. The van der Waals surface area contributed by atoms with Crippen molar-refractivity contribution in [2.75, 3.05) is 6.61 Å². The Kier molecular flexibility index (Phi) is 3.13. The summed E-state index contributed by atoms with van der Waals surface area (Å²) in [6, 6.07) is 7.21. The van der Waals surface area contributed by atoms with Crippen molar-refractivity contribution < 1.29 is 9.53 Å². The lowest BCUT2D eigenvalue weighted by Gasteiger charge is -2.07. The summed E-state index contributed by atoms with van der Waals surface area (Å²) in [6.07, 6.45) is 0. The molecule has 0 spiro atoms. The summed E-state index contributed by atoms with van der Waals surface area (Å²) >= 11 is 0. The van der Waals surface area contributed by atoms with Gasteiger partial charge in [0, 0.05) is 14.1 Å². The summed E-state index contributed by atoms with van der Waals surface area (Å²) in [6.45, 7) is 1.81. The normalized spacial score (nSPS) is 11.2. The third-order valence-electron chi connectivity index (χ3n) is 3.71. The first kappa shape index (κ1) is 14.1. The van der Waals surface area contributed by atoms with E-state index in [-0.39, 0.29) is 17.8 Å². The minimum atomic E-state index is -0.730. The van der Waals surface area contributed by atoms with Crippen molar-refractivity contribution in [1.82, 2.24) is 13.5 Å². The molecular weight excluding hydrogens is 286 g/mol. The van der Waals surface area contributed by atoms with Crippen LogP contribution in [0.2, 0.25) is 0 Å². The summed E-state index contributed by atoms with van der Waals surface area (Å²) in [4.78, 5) is 37.1. The quantitative estimate of drug-likeness (QED) is 0.652. The van der Waals surface area contributed by atoms with Gasteiger partial charge >= 0.3 is 11.7 Å². The Morgan fingerprint density at radius 2 is 1.73 bits per heavy atom. The van der Waals surface area contributed by atoms with Crippen LogP contribution in [0.3, 0.4) is 0 Å². The van der Waals surface area contributed by atoms with Crippen molar-refractivity contribution in [3.8, 4) is 0 Å². The SMILES string of the molecule is CCOC(=O)c1c(=O)n(C)c(=O)n2c3ccccc3n(C)c12. The number of imidazole rings is 1. The number of rotatable bonds is 2. The zero-order valence-electron chi connectivity index (χ0n) is 12.5. The first-order valence-corrected chi connectivity index (χ1v) is 6.85. The molecule has 3 rings (SSSR count). The number of esters is 1. The summed E-state index contributed by atoms with van der Waals surface area (Å²) < 4.78 is 8.93. The van der Waals surface area contributed by atoms with Gasteiger partial charge in [-0.2, -0.15) is 0 Å². The second-order valence-corrected chi connectivity index (χ2v) is 4.95. The van der Waals surface area contributed by atoms with E-state index in [1.807, 2.05) is 12.1 Å². The molecule has 114 valence electrons. The average Bonchev–Trinajstić information content (AvgIpc) is 2.79. The van der Waals surface area contributed by atoms with Crippen LogP contribution in [0, 0.1) is 0 Å². The largest absolute Gasteiger partial charge is 0.462 e. The zero-order chi connectivity index (χ0) is 16.0. The van der Waals surface area contributed by atoms with Crippen molar-refractivity contribution in [3.63, 3.8) is 0 Å². The van der Waals surface area contributed by atoms with Crippen LogP contribution < -0.4 is 11.2 Å². The van der Waals surface area contributed by atoms with Gasteiger partial charge < -0.3 is 9.30 Å². The van der Waals surface area contributed by atoms with E-state index < -0.39 is 17.2 Å². The minimum Gasteiger partial charge on any atom is -0.462 e. The number of ether oxygens (including phenoxy) is 1. The van der Waals surface area contributed by atoms with E-state index in [1.165, 1.54) is 11.4 Å². The highest BCUT2D eigenvalue weighted by Gasteiger charge is 2.24. The van der Waals surface area contributed by atoms with E-state index in [0.29, 0.717) is 5.52 Å². The average molecular weight is 301 g/mol. The number of carbonyl (C=O) groups is 1. The van der Waals surface area contributed by atoms with E-state index >= 15 is 0 Å². The molecule has 0 radical (unpaired) electrons. The second kappa shape index (κ2) is 4.87. The van der Waals surface area contributed by atoms with Gasteiger partial charge in [-0.1, -0.05) is 12.1 Å². The lowest BCUT2D eigenvalue weighted by molar-refractivity contribution is 0.0525. The summed E-state index contributed by atoms with van der Waals surface area (Å²) in [7, 11) is 3.06. The Labute approximate surface area is 125 Å². The number of hydrogen-bond donors (Lipinski definition) is 0. The van der Waals surface area contributed by atoms with E-state index in [9.17, 15) is 14.4 Å². The number of carbonyl (C=O) groups excluding carboxylic acids is 1. The first-order valence-electron chi connectivity index (χ1n) is 6.85. The highest BCUT2D eigenvalue weighted by molar-refractivity contribution is 5.98. The van der Waals surface area contributed by atoms with Crippen LogP contribution >= 0.6 is 0 Å². The number of benzene rings is 1. The first-order chi connectivity index (χ1) is 10.5. The standard InChI is InChI=1S/C15H15N3O4/c1-4-22-14(20)11-12-16(2)9-7-5-6-8-10(9)18(12)15(21)17(3)13(11)19/h5-8H,4H2,1-3H3. The molecule has 2 heterocycles.